The number of carbonyl (C=O) groups excluding carboxylic acids is 2. The van der Waals surface area contributed by atoms with E-state index in [1.807, 2.05) is 13.8 Å². The molecule has 2 atom stereocenters. The molecule has 2 unspecified atom stereocenters. The van der Waals surface area contributed by atoms with Crippen LogP contribution < -0.4 is 10.1 Å². The second kappa shape index (κ2) is 9.05. The average Bonchev–Trinajstić information content (AvgIpc) is 2.50. The van der Waals surface area contributed by atoms with Gasteiger partial charge in [-0.25, -0.2) is 0 Å². The number of carbonyl (C=O) groups is 3. The fraction of sp³-hybridized carbons (Fsp3) is 0.500. The van der Waals surface area contributed by atoms with Crippen LogP contribution in [0.1, 0.15) is 44.5 Å². The Bertz CT molecular complexity index is 597. The molecule has 0 radical (unpaired) electrons. The highest BCUT2D eigenvalue weighted by Crippen LogP contribution is 2.16. The van der Waals surface area contributed by atoms with Crippen LogP contribution in [-0.4, -0.2) is 35.4 Å². The number of ether oxygens (including phenoxy) is 1. The Morgan fingerprint density at radius 2 is 1.88 bits per heavy atom. The lowest BCUT2D eigenvalue weighted by Crippen LogP contribution is -2.40. The smallest absolute Gasteiger partial charge is 0.308 e. The third-order valence-corrected chi connectivity index (χ3v) is 3.55. The maximum absolute atomic E-state index is 12.1. The molecule has 0 aromatic heterocycles. The number of rotatable bonds is 9. The number of Topliss-reactive ketones (excluding diaryl/α,β-unsaturated/α-hetero) is 1. The summed E-state index contributed by atoms with van der Waals surface area (Å²) in [5.41, 5.74) is 0.503. The number of hydrogen-bond donors (Lipinski definition) is 2. The van der Waals surface area contributed by atoms with E-state index in [9.17, 15) is 19.5 Å². The van der Waals surface area contributed by atoms with E-state index < -0.39 is 23.9 Å². The van der Waals surface area contributed by atoms with Crippen LogP contribution >= 0.6 is 0 Å². The van der Waals surface area contributed by atoms with Crippen LogP contribution in [0.25, 0.3) is 0 Å². The van der Waals surface area contributed by atoms with Crippen molar-refractivity contribution < 1.29 is 24.2 Å². The molecular formula is C18H25NO5. The van der Waals surface area contributed by atoms with Crippen molar-refractivity contribution in [2.24, 2.45) is 11.8 Å². The van der Waals surface area contributed by atoms with Crippen LogP contribution in [0, 0.1) is 11.8 Å². The fourth-order valence-corrected chi connectivity index (χ4v) is 2.25. The third-order valence-electron chi connectivity index (χ3n) is 3.55. The van der Waals surface area contributed by atoms with Crippen molar-refractivity contribution in [1.29, 1.82) is 0 Å². The van der Waals surface area contributed by atoms with Gasteiger partial charge in [-0.1, -0.05) is 26.0 Å². The summed E-state index contributed by atoms with van der Waals surface area (Å²) in [5, 5.41) is 11.8. The molecule has 0 spiro atoms. The standard InChI is InChI=1S/C18H25NO5/c1-11(2)8-15(18(22)23)10-19-17(21)13(4)24-16-7-5-6-14(9-16)12(3)20/h5-7,9,11,13,15H,8,10H2,1-4H3,(H,19,21)(H,22,23). The Morgan fingerprint density at radius 3 is 2.42 bits per heavy atom. The minimum atomic E-state index is -0.924. The van der Waals surface area contributed by atoms with Crippen LogP contribution in [0.15, 0.2) is 24.3 Å². The van der Waals surface area contributed by atoms with E-state index in [0.29, 0.717) is 17.7 Å². The highest BCUT2D eigenvalue weighted by atomic mass is 16.5. The zero-order valence-electron chi connectivity index (χ0n) is 14.5. The quantitative estimate of drug-likeness (QED) is 0.677. The number of benzene rings is 1. The molecule has 2 N–H and O–H groups in total. The van der Waals surface area contributed by atoms with E-state index in [4.69, 9.17) is 4.74 Å². The van der Waals surface area contributed by atoms with Gasteiger partial charge in [-0.15, -0.1) is 0 Å². The molecular weight excluding hydrogens is 310 g/mol. The lowest BCUT2D eigenvalue weighted by molar-refractivity contribution is -0.142. The van der Waals surface area contributed by atoms with E-state index in [1.165, 1.54) is 6.92 Å². The van der Waals surface area contributed by atoms with Crippen molar-refractivity contribution in [3.63, 3.8) is 0 Å². The lowest BCUT2D eigenvalue weighted by Gasteiger charge is -2.18. The Hall–Kier alpha value is -2.37. The van der Waals surface area contributed by atoms with Gasteiger partial charge in [0.05, 0.1) is 5.92 Å². The number of ketones is 1. The predicted molar refractivity (Wildman–Crippen MR) is 90.1 cm³/mol. The predicted octanol–water partition coefficient (Wildman–Crippen LogP) is 2.52. The van der Waals surface area contributed by atoms with Crippen molar-refractivity contribution in [2.75, 3.05) is 6.54 Å². The maximum Gasteiger partial charge on any atom is 0.308 e. The molecule has 6 nitrogen and oxygen atoms in total. The van der Waals surface area contributed by atoms with Crippen molar-refractivity contribution in [3.05, 3.63) is 29.8 Å². The molecule has 0 heterocycles. The second-order valence-electron chi connectivity index (χ2n) is 6.25. The zero-order chi connectivity index (χ0) is 18.3. The van der Waals surface area contributed by atoms with Crippen molar-refractivity contribution >= 4 is 17.7 Å². The number of aliphatic carboxylic acids is 1. The lowest BCUT2D eigenvalue weighted by atomic mass is 9.97. The van der Waals surface area contributed by atoms with Gasteiger partial charge in [-0.2, -0.15) is 0 Å². The molecule has 0 fully saturated rings. The van der Waals surface area contributed by atoms with Crippen molar-refractivity contribution in [1.82, 2.24) is 5.32 Å². The zero-order valence-corrected chi connectivity index (χ0v) is 14.5. The first kappa shape index (κ1) is 19.7. The summed E-state index contributed by atoms with van der Waals surface area (Å²) in [6.07, 6.45) is -0.299. The van der Waals surface area contributed by atoms with Crippen LogP contribution in [0.4, 0.5) is 0 Å². The summed E-state index contributed by atoms with van der Waals surface area (Å²) in [5.74, 6) is -1.38. The first-order chi connectivity index (χ1) is 11.2. The average molecular weight is 335 g/mol. The Kier molecular flexibility index (Phi) is 7.42. The molecule has 0 aliphatic heterocycles. The van der Waals surface area contributed by atoms with Gasteiger partial charge in [-0.3, -0.25) is 14.4 Å². The number of amides is 1. The van der Waals surface area contributed by atoms with Crippen LogP contribution in [0.5, 0.6) is 5.75 Å². The van der Waals surface area contributed by atoms with Crippen LogP contribution in [-0.2, 0) is 9.59 Å². The number of nitrogens with one attached hydrogen (secondary N) is 1. The van der Waals surface area contributed by atoms with Gasteiger partial charge in [0.2, 0.25) is 0 Å². The van der Waals surface area contributed by atoms with Gasteiger partial charge in [0.25, 0.3) is 5.91 Å². The van der Waals surface area contributed by atoms with Crippen LogP contribution in [0.3, 0.4) is 0 Å². The van der Waals surface area contributed by atoms with E-state index in [2.05, 4.69) is 5.32 Å². The van der Waals surface area contributed by atoms with Gasteiger partial charge in [0.1, 0.15) is 5.75 Å². The largest absolute Gasteiger partial charge is 0.481 e. The molecule has 132 valence electrons. The molecule has 0 saturated carbocycles. The van der Waals surface area contributed by atoms with Gasteiger partial charge in [-0.05, 0) is 38.3 Å². The van der Waals surface area contributed by atoms with Crippen LogP contribution in [0.2, 0.25) is 0 Å². The number of carboxylic acid groups (broad SMARTS) is 1. The molecule has 6 heteroatoms. The summed E-state index contributed by atoms with van der Waals surface area (Å²) >= 11 is 0. The molecule has 24 heavy (non-hydrogen) atoms. The molecule has 1 aromatic carbocycles. The molecule has 0 bridgehead atoms. The number of hydrogen-bond acceptors (Lipinski definition) is 4. The summed E-state index contributed by atoms with van der Waals surface area (Å²) in [6, 6.07) is 6.59. The first-order valence-corrected chi connectivity index (χ1v) is 7.98. The normalized spacial score (nSPS) is 13.2. The summed E-state index contributed by atoms with van der Waals surface area (Å²) in [7, 11) is 0. The monoisotopic (exact) mass is 335 g/mol. The summed E-state index contributed by atoms with van der Waals surface area (Å²) in [6.45, 7) is 6.97. The maximum atomic E-state index is 12.1. The molecule has 1 aromatic rings. The van der Waals surface area contributed by atoms with Gasteiger partial charge in [0.15, 0.2) is 11.9 Å². The molecule has 0 aliphatic rings. The topological polar surface area (TPSA) is 92.7 Å². The first-order valence-electron chi connectivity index (χ1n) is 7.98. The number of carboxylic acids is 1. The Labute approximate surface area is 142 Å². The van der Waals surface area contributed by atoms with Crippen molar-refractivity contribution in [3.8, 4) is 5.75 Å². The molecule has 1 amide bonds. The molecule has 0 saturated heterocycles. The van der Waals surface area contributed by atoms with E-state index >= 15 is 0 Å². The third kappa shape index (κ3) is 6.40. The van der Waals surface area contributed by atoms with E-state index in [0.717, 1.165) is 0 Å². The minimum Gasteiger partial charge on any atom is -0.481 e. The van der Waals surface area contributed by atoms with E-state index in [1.54, 1.807) is 31.2 Å². The molecule has 1 rings (SSSR count). The van der Waals surface area contributed by atoms with Gasteiger partial charge < -0.3 is 15.2 Å². The minimum absolute atomic E-state index is 0.0630. The Morgan fingerprint density at radius 1 is 1.21 bits per heavy atom. The summed E-state index contributed by atoms with van der Waals surface area (Å²) < 4.78 is 5.53. The highest BCUT2D eigenvalue weighted by molar-refractivity contribution is 5.94. The van der Waals surface area contributed by atoms with E-state index in [-0.39, 0.29) is 18.2 Å². The van der Waals surface area contributed by atoms with Gasteiger partial charge in [0, 0.05) is 12.1 Å². The van der Waals surface area contributed by atoms with Crippen molar-refractivity contribution in [2.45, 2.75) is 40.2 Å². The SMILES string of the molecule is CC(=O)c1cccc(OC(C)C(=O)NCC(CC(C)C)C(=O)O)c1. The highest BCUT2D eigenvalue weighted by Gasteiger charge is 2.22. The summed E-state index contributed by atoms with van der Waals surface area (Å²) in [4.78, 5) is 34.6. The molecule has 0 aliphatic carbocycles. The second-order valence-corrected chi connectivity index (χ2v) is 6.25. The van der Waals surface area contributed by atoms with Gasteiger partial charge >= 0.3 is 5.97 Å². The fourth-order valence-electron chi connectivity index (χ4n) is 2.25. The Balaban J connectivity index is 2.60.